The highest BCUT2D eigenvalue weighted by Crippen LogP contribution is 2.43. The monoisotopic (exact) mass is 752 g/mol. The average Bonchev–Trinajstić information content (AvgIpc) is 3.73. The van der Waals surface area contributed by atoms with Crippen LogP contribution in [0.5, 0.6) is 23.0 Å². The van der Waals surface area contributed by atoms with Crippen molar-refractivity contribution in [2.45, 2.75) is 51.0 Å². The van der Waals surface area contributed by atoms with E-state index in [-0.39, 0.29) is 37.1 Å². The second kappa shape index (κ2) is 15.3. The van der Waals surface area contributed by atoms with E-state index in [0.717, 1.165) is 60.7 Å². The molecule has 0 spiro atoms. The number of carbonyl (C=O) groups is 3. The zero-order valence-electron chi connectivity index (χ0n) is 31.2. The van der Waals surface area contributed by atoms with Crippen LogP contribution in [0.2, 0.25) is 0 Å². The smallest absolute Gasteiger partial charge is 0.261 e. The summed E-state index contributed by atoms with van der Waals surface area (Å²) >= 11 is 0. The Balaban J connectivity index is 0.00000217. The van der Waals surface area contributed by atoms with Crippen LogP contribution in [0, 0.1) is 0 Å². The van der Waals surface area contributed by atoms with Gasteiger partial charge in [-0.2, -0.15) is 0 Å². The van der Waals surface area contributed by atoms with Crippen molar-refractivity contribution < 1.29 is 38.4 Å². The Morgan fingerprint density at radius 2 is 1.34 bits per heavy atom. The normalized spacial score (nSPS) is 18.4. The van der Waals surface area contributed by atoms with Crippen LogP contribution in [0.15, 0.2) is 100 Å². The second-order valence-corrected chi connectivity index (χ2v) is 13.8. The molecular formula is C44H40N4O8. The van der Waals surface area contributed by atoms with Crippen LogP contribution >= 0.6 is 0 Å². The van der Waals surface area contributed by atoms with Crippen LogP contribution in [0.4, 0.5) is 17.1 Å². The molecule has 12 nitrogen and oxygen atoms in total. The van der Waals surface area contributed by atoms with Gasteiger partial charge in [0.1, 0.15) is 19.5 Å². The number of fused-ring (bicyclic) bond motifs is 7. The van der Waals surface area contributed by atoms with E-state index in [1.165, 1.54) is 19.8 Å². The zero-order valence-corrected chi connectivity index (χ0v) is 31.2. The van der Waals surface area contributed by atoms with E-state index >= 15 is 0 Å². The number of rotatable bonds is 9. The van der Waals surface area contributed by atoms with Gasteiger partial charge in [-0.3, -0.25) is 34.2 Å². The maximum atomic E-state index is 13.8. The van der Waals surface area contributed by atoms with Crippen LogP contribution in [0.25, 0.3) is 0 Å². The third-order valence-corrected chi connectivity index (χ3v) is 10.5. The van der Waals surface area contributed by atoms with Gasteiger partial charge in [-0.05, 0) is 84.0 Å². The first-order valence-corrected chi connectivity index (χ1v) is 18.4. The van der Waals surface area contributed by atoms with Gasteiger partial charge in [0.05, 0.1) is 48.8 Å². The highest BCUT2D eigenvalue weighted by Gasteiger charge is 2.39. The van der Waals surface area contributed by atoms with Crippen molar-refractivity contribution in [3.05, 3.63) is 124 Å². The SMILES string of the molecule is CO.COc1cc2c(cc1OCc1cc(C=O)cc(COc3cc4c(cc3OC)C(=O)N3C5=C(CCC=C5)C[C@H]3C=N4)c1)N=CC1Cc3ccccc3N1C2=O. The summed E-state index contributed by atoms with van der Waals surface area (Å²) in [4.78, 5) is 52.7. The van der Waals surface area contributed by atoms with Gasteiger partial charge in [-0.1, -0.05) is 24.3 Å². The van der Waals surface area contributed by atoms with Gasteiger partial charge in [0.15, 0.2) is 23.0 Å². The van der Waals surface area contributed by atoms with E-state index < -0.39 is 0 Å². The molecule has 0 saturated heterocycles. The molecule has 0 bridgehead atoms. The number of carbonyl (C=O) groups excluding carboxylic acids is 3. The maximum Gasteiger partial charge on any atom is 0.261 e. The lowest BCUT2D eigenvalue weighted by atomic mass is 10.0. The molecule has 1 unspecified atom stereocenters. The number of nitrogens with zero attached hydrogens (tertiary/aromatic N) is 4. The van der Waals surface area contributed by atoms with Crippen LogP contribution in [0.1, 0.15) is 67.0 Å². The first-order chi connectivity index (χ1) is 27.4. The Hall–Kier alpha value is -6.53. The van der Waals surface area contributed by atoms with Crippen molar-refractivity contribution >= 4 is 47.6 Å². The van der Waals surface area contributed by atoms with Gasteiger partial charge in [0.2, 0.25) is 0 Å². The Morgan fingerprint density at radius 1 is 0.750 bits per heavy atom. The molecule has 284 valence electrons. The number of allylic oxidation sites excluding steroid dienone is 2. The van der Waals surface area contributed by atoms with Gasteiger partial charge in [-0.25, -0.2) is 0 Å². The summed E-state index contributed by atoms with van der Waals surface area (Å²) in [7, 11) is 4.06. The molecule has 2 amide bonds. The lowest BCUT2D eigenvalue weighted by molar-refractivity contribution is 0.0806. The standard InChI is InChI=1S/C43H36N4O7.CH4O/c1-51-38-16-32-34(44-20-30-14-28-7-3-5-9-36(28)46(30)42(32)49)18-40(38)53-23-26-11-25(22-48)12-27(13-26)24-54-41-19-35-33(17-39(41)52-2)43(50)47-31(21-45-35)15-29-8-4-6-10-37(29)47;1-2/h3,5-7,9-13,16-22,30-31H,4,8,14-15,23-24H2,1-2H3;2H,1H3/t30?,31-;/m0./s1. The van der Waals surface area contributed by atoms with Crippen molar-refractivity contribution in [2.75, 3.05) is 26.2 Å². The predicted octanol–water partition coefficient (Wildman–Crippen LogP) is 7.10. The Kier molecular flexibility index (Phi) is 9.96. The van der Waals surface area contributed by atoms with Crippen molar-refractivity contribution in [3.63, 3.8) is 0 Å². The summed E-state index contributed by atoms with van der Waals surface area (Å²) < 4.78 is 23.9. The van der Waals surface area contributed by atoms with Gasteiger partial charge in [-0.15, -0.1) is 0 Å². The first-order valence-electron chi connectivity index (χ1n) is 18.4. The van der Waals surface area contributed by atoms with E-state index in [0.29, 0.717) is 57.5 Å². The number of ether oxygens (including phenoxy) is 4. The minimum Gasteiger partial charge on any atom is -0.493 e. The number of benzene rings is 4. The molecule has 0 radical (unpaired) electrons. The molecule has 4 aliphatic heterocycles. The summed E-state index contributed by atoms with van der Waals surface area (Å²) in [6, 6.07) is 19.8. The summed E-state index contributed by atoms with van der Waals surface area (Å²) in [6.45, 7) is 0.213. The number of methoxy groups -OCH3 is 2. The Bertz CT molecular complexity index is 2380. The van der Waals surface area contributed by atoms with Gasteiger partial charge >= 0.3 is 0 Å². The molecule has 4 heterocycles. The van der Waals surface area contributed by atoms with Crippen molar-refractivity contribution in [3.8, 4) is 23.0 Å². The molecule has 5 aliphatic rings. The fourth-order valence-corrected chi connectivity index (χ4v) is 7.99. The van der Waals surface area contributed by atoms with Crippen molar-refractivity contribution in [1.82, 2.24) is 4.90 Å². The third-order valence-electron chi connectivity index (χ3n) is 10.5. The number of hydrogen-bond acceptors (Lipinski definition) is 10. The number of aliphatic hydroxyl groups is 1. The molecule has 4 aromatic rings. The number of anilines is 1. The van der Waals surface area contributed by atoms with Gasteiger partial charge in [0, 0.05) is 55.0 Å². The van der Waals surface area contributed by atoms with Gasteiger partial charge < -0.3 is 24.1 Å². The maximum absolute atomic E-state index is 13.8. The molecule has 0 fully saturated rings. The second-order valence-electron chi connectivity index (χ2n) is 13.8. The van der Waals surface area contributed by atoms with E-state index in [1.807, 2.05) is 53.7 Å². The summed E-state index contributed by atoms with van der Waals surface area (Å²) in [5.41, 5.74) is 8.03. The Morgan fingerprint density at radius 3 is 1.95 bits per heavy atom. The quantitative estimate of drug-likeness (QED) is 0.179. The van der Waals surface area contributed by atoms with E-state index in [4.69, 9.17) is 34.0 Å². The predicted molar refractivity (Wildman–Crippen MR) is 212 cm³/mol. The first kappa shape index (κ1) is 36.4. The molecule has 2 atom stereocenters. The molecule has 12 heteroatoms. The highest BCUT2D eigenvalue weighted by atomic mass is 16.5. The Labute approximate surface area is 324 Å². The number of para-hydroxylation sites is 1. The minimum atomic E-state index is -0.177. The molecule has 56 heavy (non-hydrogen) atoms. The van der Waals surface area contributed by atoms with Crippen LogP contribution in [0.3, 0.4) is 0 Å². The molecule has 0 aromatic heterocycles. The number of aldehydes is 1. The summed E-state index contributed by atoms with van der Waals surface area (Å²) in [6.07, 6.45) is 12.0. The summed E-state index contributed by atoms with van der Waals surface area (Å²) in [5.74, 6) is 1.36. The number of aliphatic imine (C=N–C) groups is 2. The number of aliphatic hydroxyl groups excluding tert-OH is 1. The minimum absolute atomic E-state index is 0.105. The van der Waals surface area contributed by atoms with E-state index in [1.54, 1.807) is 41.3 Å². The third kappa shape index (κ3) is 6.51. The van der Waals surface area contributed by atoms with Crippen molar-refractivity contribution in [2.24, 2.45) is 9.98 Å². The highest BCUT2D eigenvalue weighted by molar-refractivity contribution is 6.14. The van der Waals surface area contributed by atoms with E-state index in [9.17, 15) is 14.4 Å². The molecule has 1 aliphatic carbocycles. The lowest BCUT2D eigenvalue weighted by Crippen LogP contribution is -2.37. The van der Waals surface area contributed by atoms with Crippen LogP contribution in [-0.2, 0) is 19.6 Å². The summed E-state index contributed by atoms with van der Waals surface area (Å²) in [5, 5.41) is 7.00. The zero-order chi connectivity index (χ0) is 38.9. The fraction of sp³-hybridized carbons (Fsp3) is 0.250. The number of amides is 2. The average molecular weight is 753 g/mol. The molecule has 0 saturated carbocycles. The van der Waals surface area contributed by atoms with Crippen molar-refractivity contribution in [1.29, 1.82) is 0 Å². The molecule has 1 N–H and O–H groups in total. The van der Waals surface area contributed by atoms with Crippen LogP contribution < -0.4 is 23.8 Å². The topological polar surface area (TPSA) is 140 Å². The molecule has 4 aromatic carbocycles. The van der Waals surface area contributed by atoms with E-state index in [2.05, 4.69) is 6.08 Å². The van der Waals surface area contributed by atoms with Crippen LogP contribution in [-0.4, -0.2) is 73.9 Å². The lowest BCUT2D eigenvalue weighted by Gasteiger charge is -2.24. The molecule has 9 rings (SSSR count). The largest absolute Gasteiger partial charge is 0.493 e. The fourth-order valence-electron chi connectivity index (χ4n) is 7.99. The van der Waals surface area contributed by atoms with Gasteiger partial charge in [0.25, 0.3) is 11.8 Å². The number of hydrogen-bond donors (Lipinski definition) is 1. The molecular weight excluding hydrogens is 713 g/mol.